The van der Waals surface area contributed by atoms with Crippen LogP contribution in [0.2, 0.25) is 0 Å². The van der Waals surface area contributed by atoms with E-state index in [2.05, 4.69) is 44.9 Å². The standard InChI is InChI=1S/C20H37N5O3S/c1-2-3-12-15-21-19(26)22-16-13-10-8-6-4-5-7-9-11-14-17-29(27,28)20-23-18-24-25-20/h4,6,18H,2-3,5,7-17H2,1H3,(H2,21,22,26)(H,23,24,25)/b6-4-. The number of aromatic nitrogens is 3. The van der Waals surface area contributed by atoms with Crippen molar-refractivity contribution in [1.82, 2.24) is 25.8 Å². The fourth-order valence-electron chi connectivity index (χ4n) is 2.81. The van der Waals surface area contributed by atoms with E-state index < -0.39 is 9.84 Å². The Labute approximate surface area is 175 Å². The Bertz CT molecular complexity index is 660. The molecule has 8 nitrogen and oxygen atoms in total. The maximum atomic E-state index is 11.9. The third kappa shape index (κ3) is 13.0. The second-order valence-electron chi connectivity index (χ2n) is 7.17. The van der Waals surface area contributed by atoms with Crippen molar-refractivity contribution in [3.05, 3.63) is 18.5 Å². The molecule has 0 aliphatic carbocycles. The minimum atomic E-state index is -3.32. The predicted octanol–water partition coefficient (Wildman–Crippen LogP) is 3.74. The molecule has 1 heterocycles. The summed E-state index contributed by atoms with van der Waals surface area (Å²) < 4.78 is 23.8. The Morgan fingerprint density at radius 3 is 2.21 bits per heavy atom. The molecule has 9 heteroatoms. The molecule has 0 unspecified atom stereocenters. The van der Waals surface area contributed by atoms with E-state index in [1.807, 2.05) is 0 Å². The number of hydrogen-bond acceptors (Lipinski definition) is 5. The van der Waals surface area contributed by atoms with E-state index >= 15 is 0 Å². The molecule has 2 amide bonds. The Morgan fingerprint density at radius 1 is 0.966 bits per heavy atom. The zero-order valence-electron chi connectivity index (χ0n) is 17.7. The molecule has 0 spiro atoms. The van der Waals surface area contributed by atoms with Crippen molar-refractivity contribution >= 4 is 15.9 Å². The fraction of sp³-hybridized carbons (Fsp3) is 0.750. The highest BCUT2D eigenvalue weighted by Crippen LogP contribution is 2.09. The zero-order chi connectivity index (χ0) is 21.2. The van der Waals surface area contributed by atoms with E-state index in [4.69, 9.17) is 0 Å². The lowest BCUT2D eigenvalue weighted by Crippen LogP contribution is -2.36. The molecule has 0 aromatic carbocycles. The van der Waals surface area contributed by atoms with Gasteiger partial charge in [-0.25, -0.2) is 18.2 Å². The van der Waals surface area contributed by atoms with Crippen molar-refractivity contribution in [3.63, 3.8) is 0 Å². The molecule has 0 atom stereocenters. The number of carbonyl (C=O) groups is 1. The minimum Gasteiger partial charge on any atom is -0.338 e. The summed E-state index contributed by atoms with van der Waals surface area (Å²) in [6.45, 7) is 3.61. The van der Waals surface area contributed by atoms with Gasteiger partial charge in [0.25, 0.3) is 0 Å². The van der Waals surface area contributed by atoms with Crippen LogP contribution < -0.4 is 10.6 Å². The molecule has 1 rings (SSSR count). The average Bonchev–Trinajstić information content (AvgIpc) is 3.25. The van der Waals surface area contributed by atoms with Gasteiger partial charge in [-0.15, -0.1) is 0 Å². The molecule has 1 aromatic heterocycles. The van der Waals surface area contributed by atoms with Gasteiger partial charge in [-0.2, -0.15) is 5.10 Å². The first-order valence-electron chi connectivity index (χ1n) is 10.8. The molecular weight excluding hydrogens is 390 g/mol. The summed E-state index contributed by atoms with van der Waals surface area (Å²) in [7, 11) is -3.32. The van der Waals surface area contributed by atoms with Crippen LogP contribution in [0.25, 0.3) is 0 Å². The summed E-state index contributed by atoms with van der Waals surface area (Å²) in [5, 5.41) is 11.7. The Morgan fingerprint density at radius 2 is 1.59 bits per heavy atom. The Balaban J connectivity index is 1.88. The van der Waals surface area contributed by atoms with Crippen LogP contribution in [0.4, 0.5) is 4.79 Å². The van der Waals surface area contributed by atoms with Crippen LogP contribution in [0.15, 0.2) is 23.6 Å². The average molecular weight is 428 g/mol. The van der Waals surface area contributed by atoms with Gasteiger partial charge in [0.05, 0.1) is 5.75 Å². The van der Waals surface area contributed by atoms with Gasteiger partial charge in [-0.1, -0.05) is 44.8 Å². The number of sulfone groups is 1. The molecule has 0 aliphatic rings. The number of rotatable bonds is 17. The van der Waals surface area contributed by atoms with E-state index in [0.717, 1.165) is 70.8 Å². The van der Waals surface area contributed by atoms with Crippen LogP contribution in [0.5, 0.6) is 0 Å². The van der Waals surface area contributed by atoms with Crippen molar-refractivity contribution in [3.8, 4) is 0 Å². The summed E-state index contributed by atoms with van der Waals surface area (Å²) >= 11 is 0. The monoisotopic (exact) mass is 427 g/mol. The van der Waals surface area contributed by atoms with E-state index in [1.165, 1.54) is 6.33 Å². The topological polar surface area (TPSA) is 117 Å². The van der Waals surface area contributed by atoms with E-state index in [9.17, 15) is 13.2 Å². The second kappa shape index (κ2) is 16.0. The first-order chi connectivity index (χ1) is 14.1. The SMILES string of the molecule is CCCCCNC(=O)NCCCC/C=C\CCCCCCS(=O)(=O)c1ncn[nH]1. The third-order valence-electron chi connectivity index (χ3n) is 4.54. The van der Waals surface area contributed by atoms with Crippen molar-refractivity contribution in [2.45, 2.75) is 82.7 Å². The number of unbranched alkanes of at least 4 members (excludes halogenated alkanes) is 8. The van der Waals surface area contributed by atoms with Gasteiger partial charge >= 0.3 is 6.03 Å². The molecule has 0 saturated carbocycles. The number of urea groups is 1. The highest BCUT2D eigenvalue weighted by Gasteiger charge is 2.16. The van der Waals surface area contributed by atoms with Gasteiger partial charge in [0.15, 0.2) is 0 Å². The van der Waals surface area contributed by atoms with Gasteiger partial charge in [0.2, 0.25) is 15.0 Å². The Hall–Kier alpha value is -1.90. The predicted molar refractivity (Wildman–Crippen MR) is 115 cm³/mol. The minimum absolute atomic E-state index is 0.0387. The van der Waals surface area contributed by atoms with Crippen molar-refractivity contribution < 1.29 is 13.2 Å². The van der Waals surface area contributed by atoms with E-state index in [0.29, 0.717) is 13.0 Å². The van der Waals surface area contributed by atoms with Crippen LogP contribution in [-0.4, -0.2) is 48.5 Å². The van der Waals surface area contributed by atoms with E-state index in [1.54, 1.807) is 0 Å². The van der Waals surface area contributed by atoms with Crippen LogP contribution in [0.1, 0.15) is 77.6 Å². The second-order valence-corrected chi connectivity index (χ2v) is 9.19. The lowest BCUT2D eigenvalue weighted by molar-refractivity contribution is 0.240. The van der Waals surface area contributed by atoms with Gasteiger partial charge in [-0.3, -0.25) is 5.10 Å². The summed E-state index contributed by atoms with van der Waals surface area (Å²) in [4.78, 5) is 15.2. The van der Waals surface area contributed by atoms with Gasteiger partial charge < -0.3 is 10.6 Å². The maximum Gasteiger partial charge on any atom is 0.314 e. The first kappa shape index (κ1) is 25.1. The van der Waals surface area contributed by atoms with Crippen molar-refractivity contribution in [2.75, 3.05) is 18.8 Å². The molecule has 0 radical (unpaired) electrons. The van der Waals surface area contributed by atoms with Crippen LogP contribution >= 0.6 is 0 Å². The third-order valence-corrected chi connectivity index (χ3v) is 6.15. The van der Waals surface area contributed by atoms with Gasteiger partial charge in [0.1, 0.15) is 6.33 Å². The van der Waals surface area contributed by atoms with Crippen LogP contribution in [0, 0.1) is 0 Å². The maximum absolute atomic E-state index is 11.9. The quantitative estimate of drug-likeness (QED) is 0.259. The summed E-state index contributed by atoms with van der Waals surface area (Å²) in [5.74, 6) is 0.114. The summed E-state index contributed by atoms with van der Waals surface area (Å²) in [5.41, 5.74) is 0. The lowest BCUT2D eigenvalue weighted by Gasteiger charge is -2.06. The molecule has 0 aliphatic heterocycles. The molecule has 166 valence electrons. The number of aromatic amines is 1. The first-order valence-corrected chi connectivity index (χ1v) is 12.5. The number of carbonyl (C=O) groups excluding carboxylic acids is 1. The molecular formula is C20H37N5O3S. The highest BCUT2D eigenvalue weighted by molar-refractivity contribution is 7.91. The van der Waals surface area contributed by atoms with Crippen molar-refractivity contribution in [1.29, 1.82) is 0 Å². The van der Waals surface area contributed by atoms with Crippen LogP contribution in [-0.2, 0) is 9.84 Å². The Kier molecular flexibility index (Phi) is 13.8. The normalized spacial score (nSPS) is 11.8. The van der Waals surface area contributed by atoms with Gasteiger partial charge in [-0.05, 0) is 44.9 Å². The smallest absolute Gasteiger partial charge is 0.314 e. The number of allylic oxidation sites excluding steroid dienone is 2. The van der Waals surface area contributed by atoms with E-state index in [-0.39, 0.29) is 16.9 Å². The number of hydrogen-bond donors (Lipinski definition) is 3. The molecule has 29 heavy (non-hydrogen) atoms. The number of nitrogens with one attached hydrogen (secondary N) is 3. The molecule has 0 fully saturated rings. The van der Waals surface area contributed by atoms with Crippen molar-refractivity contribution in [2.24, 2.45) is 0 Å². The molecule has 0 bridgehead atoms. The summed E-state index contributed by atoms with van der Waals surface area (Å²) in [6.07, 6.45) is 16.7. The molecule has 3 N–H and O–H groups in total. The summed E-state index contributed by atoms with van der Waals surface area (Å²) in [6, 6.07) is -0.0646. The van der Waals surface area contributed by atoms with Crippen LogP contribution in [0.3, 0.4) is 0 Å². The fourth-order valence-corrected chi connectivity index (χ4v) is 3.99. The zero-order valence-corrected chi connectivity index (χ0v) is 18.5. The largest absolute Gasteiger partial charge is 0.338 e. The molecule has 0 saturated heterocycles. The number of nitrogens with zero attached hydrogens (tertiary/aromatic N) is 2. The van der Waals surface area contributed by atoms with Gasteiger partial charge in [0, 0.05) is 13.1 Å². The lowest BCUT2D eigenvalue weighted by atomic mass is 10.1. The highest BCUT2D eigenvalue weighted by atomic mass is 32.2. The number of H-pyrrole nitrogens is 1. The number of amides is 2. The molecule has 1 aromatic rings.